The smallest absolute Gasteiger partial charge is 0.243 e. The van der Waals surface area contributed by atoms with Crippen LogP contribution in [0.4, 0.5) is 0 Å². The number of carbonyl (C=O) groups is 2. The monoisotopic (exact) mass is 227 g/mol. The average molecular weight is 227 g/mol. The van der Waals surface area contributed by atoms with Crippen LogP contribution in [-0.2, 0) is 9.59 Å². The van der Waals surface area contributed by atoms with E-state index in [9.17, 15) is 9.59 Å². The molecular formula is C11H21N3O2. The molecule has 0 aromatic heterocycles. The second-order valence-electron chi connectivity index (χ2n) is 4.65. The molecule has 2 atom stereocenters. The van der Waals surface area contributed by atoms with Crippen molar-refractivity contribution in [1.82, 2.24) is 10.2 Å². The molecule has 1 heterocycles. The van der Waals surface area contributed by atoms with Crippen molar-refractivity contribution in [2.45, 2.75) is 26.8 Å². The maximum Gasteiger partial charge on any atom is 0.243 e. The Labute approximate surface area is 96.4 Å². The van der Waals surface area contributed by atoms with Crippen LogP contribution in [0.15, 0.2) is 0 Å². The Hall–Kier alpha value is -1.10. The summed E-state index contributed by atoms with van der Waals surface area (Å²) in [5.74, 6) is -0.170. The standard InChI is InChI=1S/C11H21N3O2/c1-7(2)9-10(15)13-4-5-14(9)11(16)8(3)6-12/h7-9H,4-6,12H2,1-3H3,(H,13,15). The third-order valence-corrected chi connectivity index (χ3v) is 2.95. The van der Waals surface area contributed by atoms with Gasteiger partial charge in [0.25, 0.3) is 0 Å². The van der Waals surface area contributed by atoms with Gasteiger partial charge in [0.2, 0.25) is 11.8 Å². The van der Waals surface area contributed by atoms with E-state index in [1.54, 1.807) is 11.8 Å². The predicted molar refractivity (Wildman–Crippen MR) is 61.6 cm³/mol. The molecule has 2 unspecified atom stereocenters. The fourth-order valence-electron chi connectivity index (χ4n) is 1.98. The van der Waals surface area contributed by atoms with Crippen LogP contribution < -0.4 is 11.1 Å². The zero-order chi connectivity index (χ0) is 12.3. The molecule has 0 bridgehead atoms. The molecule has 5 nitrogen and oxygen atoms in total. The van der Waals surface area contributed by atoms with Gasteiger partial charge in [0.1, 0.15) is 6.04 Å². The fraction of sp³-hybridized carbons (Fsp3) is 0.818. The lowest BCUT2D eigenvalue weighted by atomic mass is 9.97. The summed E-state index contributed by atoms with van der Waals surface area (Å²) in [5, 5.41) is 2.79. The van der Waals surface area contributed by atoms with Gasteiger partial charge in [-0.15, -0.1) is 0 Å². The van der Waals surface area contributed by atoms with Crippen molar-refractivity contribution in [3.63, 3.8) is 0 Å². The third kappa shape index (κ3) is 2.52. The summed E-state index contributed by atoms with van der Waals surface area (Å²) < 4.78 is 0. The van der Waals surface area contributed by atoms with Crippen molar-refractivity contribution in [3.05, 3.63) is 0 Å². The van der Waals surface area contributed by atoms with E-state index in [0.29, 0.717) is 19.6 Å². The molecule has 0 saturated carbocycles. The van der Waals surface area contributed by atoms with Crippen LogP contribution in [0, 0.1) is 11.8 Å². The van der Waals surface area contributed by atoms with Crippen molar-refractivity contribution in [2.24, 2.45) is 17.6 Å². The minimum absolute atomic E-state index is 0.0175. The number of amides is 2. The minimum atomic E-state index is -0.352. The molecule has 2 amide bonds. The van der Waals surface area contributed by atoms with Crippen LogP contribution >= 0.6 is 0 Å². The number of hydrogen-bond donors (Lipinski definition) is 2. The van der Waals surface area contributed by atoms with Crippen molar-refractivity contribution in [3.8, 4) is 0 Å². The molecular weight excluding hydrogens is 206 g/mol. The quantitative estimate of drug-likeness (QED) is 0.686. The SMILES string of the molecule is CC(CN)C(=O)N1CCNC(=O)C1C(C)C. The zero-order valence-electron chi connectivity index (χ0n) is 10.2. The van der Waals surface area contributed by atoms with Crippen LogP contribution in [-0.4, -0.2) is 42.4 Å². The Morgan fingerprint density at radius 1 is 1.56 bits per heavy atom. The van der Waals surface area contributed by atoms with Gasteiger partial charge in [0.15, 0.2) is 0 Å². The Morgan fingerprint density at radius 2 is 2.19 bits per heavy atom. The molecule has 1 aliphatic heterocycles. The van der Waals surface area contributed by atoms with Crippen LogP contribution in [0.3, 0.4) is 0 Å². The minimum Gasteiger partial charge on any atom is -0.353 e. The molecule has 0 aromatic carbocycles. The van der Waals surface area contributed by atoms with Gasteiger partial charge in [-0.3, -0.25) is 9.59 Å². The van der Waals surface area contributed by atoms with Crippen LogP contribution in [0.1, 0.15) is 20.8 Å². The molecule has 0 aliphatic carbocycles. The van der Waals surface area contributed by atoms with E-state index in [0.717, 1.165) is 0 Å². The highest BCUT2D eigenvalue weighted by atomic mass is 16.2. The molecule has 16 heavy (non-hydrogen) atoms. The van der Waals surface area contributed by atoms with E-state index in [4.69, 9.17) is 5.73 Å². The Morgan fingerprint density at radius 3 is 2.69 bits per heavy atom. The zero-order valence-corrected chi connectivity index (χ0v) is 10.2. The molecule has 0 spiro atoms. The van der Waals surface area contributed by atoms with Gasteiger partial charge >= 0.3 is 0 Å². The summed E-state index contributed by atoms with van der Waals surface area (Å²) in [7, 11) is 0. The molecule has 3 N–H and O–H groups in total. The second-order valence-corrected chi connectivity index (χ2v) is 4.65. The topological polar surface area (TPSA) is 75.4 Å². The van der Waals surface area contributed by atoms with E-state index in [2.05, 4.69) is 5.32 Å². The third-order valence-electron chi connectivity index (χ3n) is 2.95. The summed E-state index contributed by atoms with van der Waals surface area (Å²) in [6.07, 6.45) is 0. The highest BCUT2D eigenvalue weighted by Crippen LogP contribution is 2.16. The summed E-state index contributed by atoms with van der Waals surface area (Å²) in [6, 6.07) is -0.352. The van der Waals surface area contributed by atoms with E-state index >= 15 is 0 Å². The van der Waals surface area contributed by atoms with E-state index in [-0.39, 0.29) is 29.7 Å². The van der Waals surface area contributed by atoms with Gasteiger partial charge in [-0.05, 0) is 5.92 Å². The molecule has 1 fully saturated rings. The Kier molecular flexibility index (Phi) is 4.29. The van der Waals surface area contributed by atoms with Gasteiger partial charge in [0.05, 0.1) is 0 Å². The Bertz CT molecular complexity index is 278. The number of nitrogens with two attached hydrogens (primary N) is 1. The van der Waals surface area contributed by atoms with Crippen molar-refractivity contribution in [1.29, 1.82) is 0 Å². The molecule has 1 saturated heterocycles. The van der Waals surface area contributed by atoms with E-state index < -0.39 is 0 Å². The van der Waals surface area contributed by atoms with Gasteiger partial charge in [-0.1, -0.05) is 20.8 Å². The normalized spacial score (nSPS) is 23.2. The number of rotatable bonds is 3. The fourth-order valence-corrected chi connectivity index (χ4v) is 1.98. The number of nitrogens with one attached hydrogen (secondary N) is 1. The van der Waals surface area contributed by atoms with Crippen molar-refractivity contribution < 1.29 is 9.59 Å². The van der Waals surface area contributed by atoms with Crippen molar-refractivity contribution >= 4 is 11.8 Å². The maximum atomic E-state index is 12.1. The average Bonchev–Trinajstić information content (AvgIpc) is 2.26. The molecule has 1 rings (SSSR count). The summed E-state index contributed by atoms with van der Waals surface area (Å²) >= 11 is 0. The lowest BCUT2D eigenvalue weighted by molar-refractivity contribution is -0.147. The Balaban J connectivity index is 2.83. The maximum absolute atomic E-state index is 12.1. The van der Waals surface area contributed by atoms with Crippen LogP contribution in [0.5, 0.6) is 0 Å². The summed E-state index contributed by atoms with van der Waals surface area (Å²) in [6.45, 7) is 7.13. The van der Waals surface area contributed by atoms with Crippen LogP contribution in [0.25, 0.3) is 0 Å². The van der Waals surface area contributed by atoms with Gasteiger partial charge in [-0.25, -0.2) is 0 Å². The highest BCUT2D eigenvalue weighted by Gasteiger charge is 2.36. The van der Waals surface area contributed by atoms with Crippen molar-refractivity contribution in [2.75, 3.05) is 19.6 Å². The first-order chi connectivity index (χ1) is 7.49. The summed E-state index contributed by atoms with van der Waals surface area (Å²) in [5.41, 5.74) is 5.49. The number of piperazine rings is 1. The van der Waals surface area contributed by atoms with Gasteiger partial charge < -0.3 is 16.0 Å². The first-order valence-corrected chi connectivity index (χ1v) is 5.77. The molecule has 92 valence electrons. The second kappa shape index (κ2) is 5.30. The first-order valence-electron chi connectivity index (χ1n) is 5.77. The summed E-state index contributed by atoms with van der Waals surface area (Å²) in [4.78, 5) is 25.4. The number of carbonyl (C=O) groups excluding carboxylic acids is 2. The lowest BCUT2D eigenvalue weighted by Gasteiger charge is -2.38. The molecule has 5 heteroatoms. The number of nitrogens with zero attached hydrogens (tertiary/aromatic N) is 1. The van der Waals surface area contributed by atoms with E-state index in [1.807, 2.05) is 13.8 Å². The van der Waals surface area contributed by atoms with Crippen LogP contribution in [0.2, 0.25) is 0 Å². The number of hydrogen-bond acceptors (Lipinski definition) is 3. The van der Waals surface area contributed by atoms with Gasteiger partial charge in [0, 0.05) is 25.6 Å². The van der Waals surface area contributed by atoms with E-state index in [1.165, 1.54) is 0 Å². The highest BCUT2D eigenvalue weighted by molar-refractivity contribution is 5.89. The lowest BCUT2D eigenvalue weighted by Crippen LogP contribution is -2.60. The molecule has 0 aromatic rings. The molecule has 0 radical (unpaired) electrons. The largest absolute Gasteiger partial charge is 0.353 e. The predicted octanol–water partition coefficient (Wildman–Crippen LogP) is -0.436. The first kappa shape index (κ1) is 13.0. The van der Waals surface area contributed by atoms with Gasteiger partial charge in [-0.2, -0.15) is 0 Å². The molecule has 1 aliphatic rings.